The number of rotatable bonds is 6. The second kappa shape index (κ2) is 6.03. The quantitative estimate of drug-likeness (QED) is 0.776. The van der Waals surface area contributed by atoms with Gasteiger partial charge in [0.05, 0.1) is 5.69 Å². The van der Waals surface area contributed by atoms with Crippen LogP contribution in [-0.4, -0.2) is 21.3 Å². The van der Waals surface area contributed by atoms with Crippen LogP contribution in [0.15, 0.2) is 36.9 Å². The van der Waals surface area contributed by atoms with Crippen LogP contribution in [0.5, 0.6) is 0 Å². The van der Waals surface area contributed by atoms with Gasteiger partial charge in [-0.25, -0.2) is 9.67 Å². The van der Waals surface area contributed by atoms with Gasteiger partial charge in [0.2, 0.25) is 0 Å². The minimum Gasteiger partial charge on any atom is -0.385 e. The van der Waals surface area contributed by atoms with Crippen molar-refractivity contribution in [1.82, 2.24) is 14.8 Å². The molecule has 0 bridgehead atoms. The van der Waals surface area contributed by atoms with E-state index in [1.54, 1.807) is 11.0 Å². The van der Waals surface area contributed by atoms with Gasteiger partial charge in [0, 0.05) is 12.2 Å². The Kier molecular flexibility index (Phi) is 4.13. The molecule has 0 aliphatic heterocycles. The molecule has 4 heteroatoms. The van der Waals surface area contributed by atoms with Crippen LogP contribution in [0.2, 0.25) is 0 Å². The van der Waals surface area contributed by atoms with Crippen molar-refractivity contribution < 1.29 is 0 Å². The molecular weight excluding hydrogens is 212 g/mol. The van der Waals surface area contributed by atoms with Crippen LogP contribution in [0, 0.1) is 0 Å². The average molecular weight is 230 g/mol. The molecule has 0 amide bonds. The molecule has 0 aliphatic carbocycles. The number of aromatic nitrogens is 3. The number of anilines is 1. The fourth-order valence-electron chi connectivity index (χ4n) is 1.68. The molecule has 2 aromatic rings. The summed E-state index contributed by atoms with van der Waals surface area (Å²) in [6.07, 6.45) is 7.00. The molecule has 0 aliphatic rings. The summed E-state index contributed by atoms with van der Waals surface area (Å²) in [5.41, 5.74) is 2.19. The van der Waals surface area contributed by atoms with Gasteiger partial charge in [0.25, 0.3) is 0 Å². The van der Waals surface area contributed by atoms with E-state index < -0.39 is 0 Å². The topological polar surface area (TPSA) is 42.7 Å². The highest BCUT2D eigenvalue weighted by atomic mass is 15.3. The number of nitrogens with zero attached hydrogens (tertiary/aromatic N) is 3. The lowest BCUT2D eigenvalue weighted by Crippen LogP contribution is -2.01. The van der Waals surface area contributed by atoms with E-state index >= 15 is 0 Å². The highest BCUT2D eigenvalue weighted by Gasteiger charge is 1.96. The minimum atomic E-state index is 1.03. The Balaban J connectivity index is 1.90. The maximum absolute atomic E-state index is 4.09. The maximum Gasteiger partial charge on any atom is 0.138 e. The van der Waals surface area contributed by atoms with Crippen LogP contribution in [0.3, 0.4) is 0 Å². The van der Waals surface area contributed by atoms with Gasteiger partial charge in [0.1, 0.15) is 12.7 Å². The Labute approximate surface area is 102 Å². The van der Waals surface area contributed by atoms with Crippen molar-refractivity contribution >= 4 is 5.69 Å². The third-order valence-electron chi connectivity index (χ3n) is 2.66. The molecule has 2 rings (SSSR count). The van der Waals surface area contributed by atoms with Crippen LogP contribution >= 0.6 is 0 Å². The molecule has 1 N–H and O–H groups in total. The van der Waals surface area contributed by atoms with Crippen LogP contribution < -0.4 is 5.32 Å². The van der Waals surface area contributed by atoms with E-state index in [4.69, 9.17) is 0 Å². The van der Waals surface area contributed by atoms with Crippen molar-refractivity contribution in [1.29, 1.82) is 0 Å². The Morgan fingerprint density at radius 2 is 2.00 bits per heavy atom. The molecule has 0 saturated carbocycles. The van der Waals surface area contributed by atoms with E-state index in [0.29, 0.717) is 0 Å². The van der Waals surface area contributed by atoms with E-state index in [1.165, 1.54) is 25.6 Å². The molecular formula is C13H18N4. The smallest absolute Gasteiger partial charge is 0.138 e. The third-order valence-corrected chi connectivity index (χ3v) is 2.66. The molecule has 0 fully saturated rings. The monoisotopic (exact) mass is 230 g/mol. The molecule has 1 heterocycles. The van der Waals surface area contributed by atoms with Gasteiger partial charge in [-0.3, -0.25) is 0 Å². The molecule has 4 nitrogen and oxygen atoms in total. The number of benzene rings is 1. The SMILES string of the molecule is CCCCCNc1ccc(-n2cncn2)cc1. The summed E-state index contributed by atoms with van der Waals surface area (Å²) in [6.45, 7) is 3.25. The predicted octanol–water partition coefficient (Wildman–Crippen LogP) is 2.87. The summed E-state index contributed by atoms with van der Waals surface area (Å²) >= 11 is 0. The molecule has 17 heavy (non-hydrogen) atoms. The summed E-state index contributed by atoms with van der Waals surface area (Å²) < 4.78 is 1.75. The first-order valence-electron chi connectivity index (χ1n) is 6.09. The van der Waals surface area contributed by atoms with Crippen molar-refractivity contribution in [2.24, 2.45) is 0 Å². The van der Waals surface area contributed by atoms with Gasteiger partial charge in [0.15, 0.2) is 0 Å². The molecule has 1 aromatic carbocycles. The molecule has 0 saturated heterocycles. The van der Waals surface area contributed by atoms with Crippen LogP contribution in [-0.2, 0) is 0 Å². The molecule has 90 valence electrons. The van der Waals surface area contributed by atoms with E-state index in [-0.39, 0.29) is 0 Å². The number of unbranched alkanes of at least 4 members (excludes halogenated alkanes) is 2. The Bertz CT molecular complexity index is 419. The Hall–Kier alpha value is -1.84. The first-order chi connectivity index (χ1) is 8.40. The summed E-state index contributed by atoms with van der Waals surface area (Å²) in [6, 6.07) is 8.22. The van der Waals surface area contributed by atoms with Crippen molar-refractivity contribution in [2.45, 2.75) is 26.2 Å². The van der Waals surface area contributed by atoms with Gasteiger partial charge in [-0.05, 0) is 30.7 Å². The summed E-state index contributed by atoms with van der Waals surface area (Å²) in [4.78, 5) is 3.93. The second-order valence-electron chi connectivity index (χ2n) is 4.02. The van der Waals surface area contributed by atoms with Crippen LogP contribution in [0.1, 0.15) is 26.2 Å². The number of nitrogens with one attached hydrogen (secondary N) is 1. The lowest BCUT2D eigenvalue weighted by atomic mass is 10.2. The summed E-state index contributed by atoms with van der Waals surface area (Å²) in [5, 5.41) is 7.49. The van der Waals surface area contributed by atoms with Crippen molar-refractivity contribution in [3.63, 3.8) is 0 Å². The fourth-order valence-corrected chi connectivity index (χ4v) is 1.68. The Morgan fingerprint density at radius 3 is 2.65 bits per heavy atom. The van der Waals surface area contributed by atoms with Gasteiger partial charge >= 0.3 is 0 Å². The Morgan fingerprint density at radius 1 is 1.18 bits per heavy atom. The minimum absolute atomic E-state index is 1.03. The lowest BCUT2D eigenvalue weighted by Gasteiger charge is -2.06. The van der Waals surface area contributed by atoms with Gasteiger partial charge < -0.3 is 5.32 Å². The first kappa shape index (κ1) is 11.6. The van der Waals surface area contributed by atoms with E-state index in [1.807, 2.05) is 12.1 Å². The first-order valence-corrected chi connectivity index (χ1v) is 6.09. The molecule has 0 unspecified atom stereocenters. The van der Waals surface area contributed by atoms with Gasteiger partial charge in [-0.15, -0.1) is 0 Å². The zero-order chi connectivity index (χ0) is 11.9. The zero-order valence-corrected chi connectivity index (χ0v) is 10.1. The van der Waals surface area contributed by atoms with E-state index in [0.717, 1.165) is 17.9 Å². The van der Waals surface area contributed by atoms with E-state index in [9.17, 15) is 0 Å². The standard InChI is InChI=1S/C13H18N4/c1-2-3-4-9-15-12-5-7-13(8-6-12)17-11-14-10-16-17/h5-8,10-11,15H,2-4,9H2,1H3. The van der Waals surface area contributed by atoms with Crippen molar-refractivity contribution in [2.75, 3.05) is 11.9 Å². The third kappa shape index (κ3) is 3.31. The normalized spacial score (nSPS) is 10.4. The number of hydrogen-bond acceptors (Lipinski definition) is 3. The van der Waals surface area contributed by atoms with E-state index in [2.05, 4.69) is 34.5 Å². The molecule has 1 aromatic heterocycles. The van der Waals surface area contributed by atoms with Gasteiger partial charge in [-0.2, -0.15) is 5.10 Å². The highest BCUT2D eigenvalue weighted by molar-refractivity contribution is 5.48. The van der Waals surface area contributed by atoms with Crippen LogP contribution in [0.25, 0.3) is 5.69 Å². The lowest BCUT2D eigenvalue weighted by molar-refractivity contribution is 0.744. The average Bonchev–Trinajstić information content (AvgIpc) is 2.89. The zero-order valence-electron chi connectivity index (χ0n) is 10.1. The van der Waals surface area contributed by atoms with Crippen LogP contribution in [0.4, 0.5) is 5.69 Å². The molecule has 0 atom stereocenters. The highest BCUT2D eigenvalue weighted by Crippen LogP contribution is 2.12. The van der Waals surface area contributed by atoms with Crippen molar-refractivity contribution in [3.8, 4) is 5.69 Å². The number of hydrogen-bond donors (Lipinski definition) is 1. The molecule has 0 spiro atoms. The van der Waals surface area contributed by atoms with Crippen molar-refractivity contribution in [3.05, 3.63) is 36.9 Å². The summed E-state index contributed by atoms with van der Waals surface area (Å²) in [7, 11) is 0. The predicted molar refractivity (Wildman–Crippen MR) is 69.4 cm³/mol. The maximum atomic E-state index is 4.09. The second-order valence-corrected chi connectivity index (χ2v) is 4.02. The molecule has 0 radical (unpaired) electrons. The summed E-state index contributed by atoms with van der Waals surface area (Å²) in [5.74, 6) is 0. The van der Waals surface area contributed by atoms with Gasteiger partial charge in [-0.1, -0.05) is 19.8 Å². The fraction of sp³-hybridized carbons (Fsp3) is 0.385. The largest absolute Gasteiger partial charge is 0.385 e.